The average molecular weight is 252 g/mol. The summed E-state index contributed by atoms with van der Waals surface area (Å²) in [6, 6.07) is 0.986. The second kappa shape index (κ2) is 5.45. The standard InChI is InChI=1S/2C7H14N2/c2*8-7-5-9-3-1-6(7)2-4-9/h2*6-7H,1-5,8H2. The molecule has 0 aliphatic carbocycles. The largest absolute Gasteiger partial charge is 0.326 e. The lowest BCUT2D eigenvalue weighted by atomic mass is 9.85. The molecule has 0 spiro atoms. The SMILES string of the molecule is NC1CN2CCC1CC2.NC1CN2CCC1CC2. The second-order valence-corrected chi connectivity index (χ2v) is 6.60. The van der Waals surface area contributed by atoms with Crippen LogP contribution in [0.15, 0.2) is 0 Å². The van der Waals surface area contributed by atoms with Gasteiger partial charge in [-0.25, -0.2) is 0 Å². The van der Waals surface area contributed by atoms with Gasteiger partial charge in [-0.2, -0.15) is 0 Å². The van der Waals surface area contributed by atoms with Gasteiger partial charge in [0.25, 0.3) is 0 Å². The van der Waals surface area contributed by atoms with Gasteiger partial charge < -0.3 is 21.3 Å². The first-order valence-electron chi connectivity index (χ1n) is 7.68. The molecule has 4 heteroatoms. The molecule has 4 nitrogen and oxygen atoms in total. The average Bonchev–Trinajstić information content (AvgIpc) is 2.41. The molecule has 0 radical (unpaired) electrons. The van der Waals surface area contributed by atoms with Gasteiger partial charge in [-0.05, 0) is 63.7 Å². The number of piperidine rings is 6. The molecule has 18 heavy (non-hydrogen) atoms. The summed E-state index contributed by atoms with van der Waals surface area (Å²) >= 11 is 0. The van der Waals surface area contributed by atoms with Crippen molar-refractivity contribution in [2.75, 3.05) is 39.3 Å². The number of fused-ring (bicyclic) bond motifs is 6. The predicted octanol–water partition coefficient (Wildman–Crippen LogP) is 0.0786. The van der Waals surface area contributed by atoms with Crippen LogP contribution in [-0.2, 0) is 0 Å². The van der Waals surface area contributed by atoms with Crippen molar-refractivity contribution in [3.63, 3.8) is 0 Å². The molecule has 6 fully saturated rings. The minimum atomic E-state index is 0.493. The highest BCUT2D eigenvalue weighted by atomic mass is 15.2. The van der Waals surface area contributed by atoms with Crippen LogP contribution in [-0.4, -0.2) is 61.2 Å². The maximum atomic E-state index is 5.88. The second-order valence-electron chi connectivity index (χ2n) is 6.60. The smallest absolute Gasteiger partial charge is 0.0197 e. The molecule has 0 aromatic carbocycles. The van der Waals surface area contributed by atoms with Gasteiger partial charge in [-0.1, -0.05) is 0 Å². The summed E-state index contributed by atoms with van der Waals surface area (Å²) < 4.78 is 0. The van der Waals surface area contributed by atoms with E-state index in [9.17, 15) is 0 Å². The summed E-state index contributed by atoms with van der Waals surface area (Å²) in [7, 11) is 0. The Morgan fingerprint density at radius 3 is 1.06 bits per heavy atom. The van der Waals surface area contributed by atoms with Crippen molar-refractivity contribution < 1.29 is 0 Å². The number of nitrogens with zero attached hydrogens (tertiary/aromatic N) is 2. The molecule has 0 saturated carbocycles. The van der Waals surface area contributed by atoms with Crippen LogP contribution in [0.2, 0.25) is 0 Å². The zero-order valence-corrected chi connectivity index (χ0v) is 11.4. The van der Waals surface area contributed by atoms with E-state index in [2.05, 4.69) is 9.80 Å². The van der Waals surface area contributed by atoms with E-state index in [4.69, 9.17) is 11.5 Å². The normalized spacial score (nSPS) is 49.7. The van der Waals surface area contributed by atoms with E-state index in [1.165, 1.54) is 51.9 Å². The fraction of sp³-hybridized carbons (Fsp3) is 1.00. The van der Waals surface area contributed by atoms with Crippen LogP contribution in [0.3, 0.4) is 0 Å². The van der Waals surface area contributed by atoms with Crippen molar-refractivity contribution in [3.05, 3.63) is 0 Å². The van der Waals surface area contributed by atoms with E-state index in [0.717, 1.165) is 24.9 Å². The summed E-state index contributed by atoms with van der Waals surface area (Å²) in [5.74, 6) is 1.71. The highest BCUT2D eigenvalue weighted by Crippen LogP contribution is 2.26. The first-order valence-corrected chi connectivity index (χ1v) is 7.68. The molecule has 6 saturated heterocycles. The molecular weight excluding hydrogens is 224 g/mol. The van der Waals surface area contributed by atoms with Crippen LogP contribution in [0, 0.1) is 11.8 Å². The highest BCUT2D eigenvalue weighted by molar-refractivity contribution is 4.89. The predicted molar refractivity (Wildman–Crippen MR) is 74.3 cm³/mol. The lowest BCUT2D eigenvalue weighted by molar-refractivity contribution is 0.0896. The van der Waals surface area contributed by atoms with E-state index in [1.54, 1.807) is 0 Å². The quantitative estimate of drug-likeness (QED) is 0.641. The first kappa shape index (κ1) is 12.9. The maximum absolute atomic E-state index is 5.88. The molecule has 6 rings (SSSR count). The Balaban J connectivity index is 0.000000111. The van der Waals surface area contributed by atoms with E-state index in [0.29, 0.717) is 12.1 Å². The van der Waals surface area contributed by atoms with Crippen molar-refractivity contribution in [3.8, 4) is 0 Å². The summed E-state index contributed by atoms with van der Waals surface area (Å²) in [4.78, 5) is 4.95. The topological polar surface area (TPSA) is 58.5 Å². The molecule has 4 N–H and O–H groups in total. The zero-order chi connectivity index (χ0) is 12.5. The molecule has 6 heterocycles. The molecule has 2 atom stereocenters. The molecule has 104 valence electrons. The van der Waals surface area contributed by atoms with Crippen LogP contribution in [0.5, 0.6) is 0 Å². The van der Waals surface area contributed by atoms with Gasteiger partial charge in [0, 0.05) is 25.2 Å². The first-order chi connectivity index (χ1) is 8.72. The number of hydrogen-bond donors (Lipinski definition) is 2. The minimum absolute atomic E-state index is 0.493. The minimum Gasteiger partial charge on any atom is -0.326 e. The van der Waals surface area contributed by atoms with Crippen molar-refractivity contribution >= 4 is 0 Å². The van der Waals surface area contributed by atoms with Crippen LogP contribution in [0.4, 0.5) is 0 Å². The lowest BCUT2D eigenvalue weighted by Crippen LogP contribution is -2.54. The van der Waals surface area contributed by atoms with E-state index >= 15 is 0 Å². The highest BCUT2D eigenvalue weighted by Gasteiger charge is 2.31. The Morgan fingerprint density at radius 1 is 0.611 bits per heavy atom. The molecule has 0 aromatic rings. The Kier molecular flexibility index (Phi) is 3.89. The fourth-order valence-corrected chi connectivity index (χ4v) is 4.02. The molecule has 0 aromatic heterocycles. The van der Waals surface area contributed by atoms with Crippen LogP contribution in [0.25, 0.3) is 0 Å². The summed E-state index contributed by atoms with van der Waals surface area (Å²) in [6.45, 7) is 7.53. The molecule has 0 amide bonds. The van der Waals surface area contributed by atoms with Gasteiger partial charge in [-0.15, -0.1) is 0 Å². The third-order valence-corrected chi connectivity index (χ3v) is 5.41. The van der Waals surface area contributed by atoms with Crippen molar-refractivity contribution in [2.45, 2.75) is 37.8 Å². The van der Waals surface area contributed by atoms with Crippen molar-refractivity contribution in [2.24, 2.45) is 23.3 Å². The Hall–Kier alpha value is -0.160. The number of rotatable bonds is 0. The Labute approximate surface area is 111 Å². The third kappa shape index (κ3) is 2.72. The van der Waals surface area contributed by atoms with Gasteiger partial charge in [0.05, 0.1) is 0 Å². The molecule has 4 bridgehead atoms. The Morgan fingerprint density at radius 2 is 0.944 bits per heavy atom. The Bertz CT molecular complexity index is 239. The zero-order valence-electron chi connectivity index (χ0n) is 11.4. The third-order valence-electron chi connectivity index (χ3n) is 5.41. The van der Waals surface area contributed by atoms with Gasteiger partial charge in [0.15, 0.2) is 0 Å². The monoisotopic (exact) mass is 252 g/mol. The number of nitrogens with two attached hydrogens (primary N) is 2. The van der Waals surface area contributed by atoms with Crippen LogP contribution in [0.1, 0.15) is 25.7 Å². The van der Waals surface area contributed by atoms with Gasteiger partial charge >= 0.3 is 0 Å². The van der Waals surface area contributed by atoms with E-state index in [1.807, 2.05) is 0 Å². The molecule has 6 aliphatic rings. The summed E-state index contributed by atoms with van der Waals surface area (Å²) in [5.41, 5.74) is 11.8. The fourth-order valence-electron chi connectivity index (χ4n) is 4.02. The molecular formula is C14H28N4. The van der Waals surface area contributed by atoms with E-state index < -0.39 is 0 Å². The van der Waals surface area contributed by atoms with Gasteiger partial charge in [0.2, 0.25) is 0 Å². The summed E-state index contributed by atoms with van der Waals surface area (Å²) in [5, 5.41) is 0. The van der Waals surface area contributed by atoms with Crippen LogP contribution < -0.4 is 11.5 Å². The summed E-state index contributed by atoms with van der Waals surface area (Å²) in [6.07, 6.45) is 5.39. The lowest BCUT2D eigenvalue weighted by Gasteiger charge is -2.43. The maximum Gasteiger partial charge on any atom is 0.0197 e. The van der Waals surface area contributed by atoms with Crippen molar-refractivity contribution in [1.29, 1.82) is 0 Å². The van der Waals surface area contributed by atoms with Crippen LogP contribution >= 0.6 is 0 Å². The van der Waals surface area contributed by atoms with Gasteiger partial charge in [-0.3, -0.25) is 0 Å². The molecule has 2 unspecified atom stereocenters. The van der Waals surface area contributed by atoms with E-state index in [-0.39, 0.29) is 0 Å². The number of hydrogen-bond acceptors (Lipinski definition) is 4. The van der Waals surface area contributed by atoms with Crippen molar-refractivity contribution in [1.82, 2.24) is 9.80 Å². The van der Waals surface area contributed by atoms with Gasteiger partial charge in [0.1, 0.15) is 0 Å². The molecule has 6 aliphatic heterocycles.